The summed E-state index contributed by atoms with van der Waals surface area (Å²) in [6, 6.07) is 2.22. The SMILES string of the molecule is Cc1cc2c(cn1)C(C)CC2. The van der Waals surface area contributed by atoms with Gasteiger partial charge < -0.3 is 0 Å². The average molecular weight is 147 g/mol. The molecule has 0 bridgehead atoms. The maximum absolute atomic E-state index is 4.30. The van der Waals surface area contributed by atoms with Crippen molar-refractivity contribution in [3.05, 3.63) is 29.1 Å². The van der Waals surface area contributed by atoms with Gasteiger partial charge in [0.15, 0.2) is 0 Å². The third-order valence-electron chi connectivity index (χ3n) is 2.54. The molecule has 0 spiro atoms. The number of aryl methyl sites for hydroxylation is 2. The topological polar surface area (TPSA) is 12.9 Å². The third kappa shape index (κ3) is 1.05. The number of rotatable bonds is 0. The minimum atomic E-state index is 0.734. The van der Waals surface area contributed by atoms with Crippen LogP contribution >= 0.6 is 0 Å². The van der Waals surface area contributed by atoms with Gasteiger partial charge >= 0.3 is 0 Å². The summed E-state index contributed by atoms with van der Waals surface area (Å²) < 4.78 is 0. The molecule has 1 aromatic heterocycles. The molecule has 0 N–H and O–H groups in total. The zero-order valence-electron chi connectivity index (χ0n) is 7.09. The van der Waals surface area contributed by atoms with Gasteiger partial charge in [-0.25, -0.2) is 0 Å². The van der Waals surface area contributed by atoms with E-state index in [1.165, 1.54) is 24.0 Å². The first kappa shape index (κ1) is 6.84. The van der Waals surface area contributed by atoms with E-state index in [9.17, 15) is 0 Å². The van der Waals surface area contributed by atoms with Gasteiger partial charge in [0.25, 0.3) is 0 Å². The molecule has 1 aliphatic carbocycles. The van der Waals surface area contributed by atoms with Gasteiger partial charge in [-0.2, -0.15) is 0 Å². The molecular weight excluding hydrogens is 134 g/mol. The summed E-state index contributed by atoms with van der Waals surface area (Å²) in [6.45, 7) is 4.34. The Morgan fingerprint density at radius 1 is 1.55 bits per heavy atom. The Morgan fingerprint density at radius 3 is 3.18 bits per heavy atom. The molecule has 1 aromatic rings. The predicted octanol–water partition coefficient (Wildman–Crippen LogP) is 2.44. The van der Waals surface area contributed by atoms with E-state index in [0.717, 1.165) is 11.6 Å². The molecule has 1 heterocycles. The lowest BCUT2D eigenvalue weighted by Crippen LogP contribution is -1.89. The molecular formula is C10H13N. The first-order valence-electron chi connectivity index (χ1n) is 4.23. The van der Waals surface area contributed by atoms with Crippen molar-refractivity contribution in [3.8, 4) is 0 Å². The summed E-state index contributed by atoms with van der Waals surface area (Å²) in [4.78, 5) is 4.30. The summed E-state index contributed by atoms with van der Waals surface area (Å²) in [5.74, 6) is 0.734. The fourth-order valence-electron chi connectivity index (χ4n) is 1.81. The Kier molecular flexibility index (Phi) is 1.45. The van der Waals surface area contributed by atoms with Crippen LogP contribution in [0.4, 0.5) is 0 Å². The first-order valence-corrected chi connectivity index (χ1v) is 4.23. The van der Waals surface area contributed by atoms with Crippen LogP contribution in [-0.4, -0.2) is 4.98 Å². The van der Waals surface area contributed by atoms with Crippen molar-refractivity contribution in [1.82, 2.24) is 4.98 Å². The Balaban J connectivity index is 2.50. The summed E-state index contributed by atoms with van der Waals surface area (Å²) in [5.41, 5.74) is 4.14. The largest absolute Gasteiger partial charge is 0.261 e. The number of nitrogens with zero attached hydrogens (tertiary/aromatic N) is 1. The van der Waals surface area contributed by atoms with E-state index in [2.05, 4.69) is 24.9 Å². The average Bonchev–Trinajstić information content (AvgIpc) is 2.32. The molecule has 0 fully saturated rings. The second-order valence-electron chi connectivity index (χ2n) is 3.46. The highest BCUT2D eigenvalue weighted by Gasteiger charge is 2.18. The quantitative estimate of drug-likeness (QED) is 0.549. The Hall–Kier alpha value is -0.850. The molecule has 0 saturated carbocycles. The second kappa shape index (κ2) is 2.33. The molecule has 1 nitrogen and oxygen atoms in total. The number of hydrogen-bond donors (Lipinski definition) is 0. The summed E-state index contributed by atoms with van der Waals surface area (Å²) >= 11 is 0. The summed E-state index contributed by atoms with van der Waals surface area (Å²) in [7, 11) is 0. The van der Waals surface area contributed by atoms with Crippen molar-refractivity contribution in [1.29, 1.82) is 0 Å². The Morgan fingerprint density at radius 2 is 2.36 bits per heavy atom. The van der Waals surface area contributed by atoms with E-state index in [1.54, 1.807) is 0 Å². The third-order valence-corrected chi connectivity index (χ3v) is 2.54. The molecule has 0 radical (unpaired) electrons. The van der Waals surface area contributed by atoms with E-state index in [1.807, 2.05) is 6.20 Å². The normalized spacial score (nSPS) is 21.8. The maximum atomic E-state index is 4.30. The van der Waals surface area contributed by atoms with Crippen LogP contribution in [0.5, 0.6) is 0 Å². The lowest BCUT2D eigenvalue weighted by atomic mass is 10.1. The van der Waals surface area contributed by atoms with Gasteiger partial charge in [-0.05, 0) is 42.9 Å². The van der Waals surface area contributed by atoms with Gasteiger partial charge in [-0.3, -0.25) is 4.98 Å². The molecule has 0 amide bonds. The van der Waals surface area contributed by atoms with Crippen LogP contribution in [-0.2, 0) is 6.42 Å². The fourth-order valence-corrected chi connectivity index (χ4v) is 1.81. The lowest BCUT2D eigenvalue weighted by Gasteiger charge is -2.02. The number of fused-ring (bicyclic) bond motifs is 1. The highest BCUT2D eigenvalue weighted by atomic mass is 14.7. The molecule has 2 rings (SSSR count). The first-order chi connectivity index (χ1) is 5.27. The van der Waals surface area contributed by atoms with Gasteiger partial charge in [0, 0.05) is 11.9 Å². The molecule has 11 heavy (non-hydrogen) atoms. The van der Waals surface area contributed by atoms with Gasteiger partial charge in [0.2, 0.25) is 0 Å². The highest BCUT2D eigenvalue weighted by molar-refractivity contribution is 5.33. The highest BCUT2D eigenvalue weighted by Crippen LogP contribution is 2.31. The number of pyridine rings is 1. The van der Waals surface area contributed by atoms with Crippen LogP contribution in [0.3, 0.4) is 0 Å². The van der Waals surface area contributed by atoms with E-state index >= 15 is 0 Å². The van der Waals surface area contributed by atoms with Gasteiger partial charge in [-0.1, -0.05) is 6.92 Å². The smallest absolute Gasteiger partial charge is 0.0375 e. The molecule has 58 valence electrons. The van der Waals surface area contributed by atoms with E-state index in [0.29, 0.717) is 0 Å². The fraction of sp³-hybridized carbons (Fsp3) is 0.500. The predicted molar refractivity (Wildman–Crippen MR) is 45.7 cm³/mol. The van der Waals surface area contributed by atoms with E-state index in [4.69, 9.17) is 0 Å². The zero-order valence-corrected chi connectivity index (χ0v) is 7.09. The standard InChI is InChI=1S/C10H13N/c1-7-3-4-9-5-8(2)11-6-10(7)9/h5-7H,3-4H2,1-2H3. The summed E-state index contributed by atoms with van der Waals surface area (Å²) in [6.07, 6.45) is 4.60. The van der Waals surface area contributed by atoms with Gasteiger partial charge in [-0.15, -0.1) is 0 Å². The van der Waals surface area contributed by atoms with Crippen LogP contribution in [0.1, 0.15) is 36.1 Å². The monoisotopic (exact) mass is 147 g/mol. The zero-order chi connectivity index (χ0) is 7.84. The van der Waals surface area contributed by atoms with Crippen LogP contribution in [0.25, 0.3) is 0 Å². The van der Waals surface area contributed by atoms with Gasteiger partial charge in [0.1, 0.15) is 0 Å². The minimum Gasteiger partial charge on any atom is -0.261 e. The van der Waals surface area contributed by atoms with Crippen molar-refractivity contribution in [2.45, 2.75) is 32.6 Å². The van der Waals surface area contributed by atoms with Crippen molar-refractivity contribution < 1.29 is 0 Å². The molecule has 1 heteroatoms. The number of aromatic nitrogens is 1. The van der Waals surface area contributed by atoms with Crippen molar-refractivity contribution in [2.24, 2.45) is 0 Å². The molecule has 0 aliphatic heterocycles. The number of hydrogen-bond acceptors (Lipinski definition) is 1. The van der Waals surface area contributed by atoms with Crippen LogP contribution in [0.15, 0.2) is 12.3 Å². The van der Waals surface area contributed by atoms with E-state index < -0.39 is 0 Å². The van der Waals surface area contributed by atoms with Crippen LogP contribution in [0, 0.1) is 6.92 Å². The lowest BCUT2D eigenvalue weighted by molar-refractivity contribution is 0.745. The van der Waals surface area contributed by atoms with Gasteiger partial charge in [0.05, 0.1) is 0 Å². The molecule has 1 aliphatic rings. The van der Waals surface area contributed by atoms with Crippen molar-refractivity contribution in [3.63, 3.8) is 0 Å². The second-order valence-corrected chi connectivity index (χ2v) is 3.46. The van der Waals surface area contributed by atoms with Crippen molar-refractivity contribution >= 4 is 0 Å². The Bertz CT molecular complexity index is 278. The van der Waals surface area contributed by atoms with Crippen LogP contribution < -0.4 is 0 Å². The van der Waals surface area contributed by atoms with E-state index in [-0.39, 0.29) is 0 Å². The Labute approximate surface area is 67.5 Å². The summed E-state index contributed by atoms with van der Waals surface area (Å²) in [5, 5.41) is 0. The minimum absolute atomic E-state index is 0.734. The maximum Gasteiger partial charge on any atom is 0.0375 e. The molecule has 0 aromatic carbocycles. The van der Waals surface area contributed by atoms with Crippen LogP contribution in [0.2, 0.25) is 0 Å². The molecule has 1 unspecified atom stereocenters. The molecule has 0 saturated heterocycles. The van der Waals surface area contributed by atoms with Crippen molar-refractivity contribution in [2.75, 3.05) is 0 Å². The molecule has 1 atom stereocenters.